The lowest BCUT2D eigenvalue weighted by atomic mass is 10.2. The number of nitrogens with one attached hydrogen (secondary N) is 1. The van der Waals surface area contributed by atoms with Crippen molar-refractivity contribution in [1.82, 2.24) is 30.1 Å². The van der Waals surface area contributed by atoms with Crippen LogP contribution in [0.2, 0.25) is 0 Å². The van der Waals surface area contributed by atoms with Crippen molar-refractivity contribution >= 4 is 0 Å². The van der Waals surface area contributed by atoms with Crippen molar-refractivity contribution in [3.05, 3.63) is 54.4 Å². The molecule has 0 bridgehead atoms. The average molecular weight is 306 g/mol. The van der Waals surface area contributed by atoms with Crippen LogP contribution in [0, 0.1) is 0 Å². The van der Waals surface area contributed by atoms with E-state index < -0.39 is 0 Å². The minimum absolute atomic E-state index is 0.432. The van der Waals surface area contributed by atoms with E-state index >= 15 is 0 Å². The van der Waals surface area contributed by atoms with Crippen LogP contribution in [0.5, 0.6) is 0 Å². The molecule has 23 heavy (non-hydrogen) atoms. The molecule has 0 spiro atoms. The zero-order valence-corrected chi connectivity index (χ0v) is 12.5. The smallest absolute Gasteiger partial charge is 0.274 e. The fourth-order valence-electron chi connectivity index (χ4n) is 2.46. The van der Waals surface area contributed by atoms with Crippen molar-refractivity contribution in [1.29, 1.82) is 0 Å². The number of para-hydroxylation sites is 1. The van der Waals surface area contributed by atoms with Crippen LogP contribution in [0.25, 0.3) is 28.8 Å². The first-order valence-electron chi connectivity index (χ1n) is 7.34. The highest BCUT2D eigenvalue weighted by Crippen LogP contribution is 2.24. The maximum atomic E-state index is 5.31. The van der Waals surface area contributed by atoms with Gasteiger partial charge in [0.05, 0.1) is 11.4 Å². The van der Waals surface area contributed by atoms with Crippen LogP contribution < -0.4 is 0 Å². The van der Waals surface area contributed by atoms with E-state index in [1.54, 1.807) is 4.68 Å². The monoisotopic (exact) mass is 306 g/mol. The van der Waals surface area contributed by atoms with Gasteiger partial charge in [0.25, 0.3) is 5.89 Å². The van der Waals surface area contributed by atoms with Gasteiger partial charge in [0, 0.05) is 6.20 Å². The summed E-state index contributed by atoms with van der Waals surface area (Å²) in [6.45, 7) is 2.05. The van der Waals surface area contributed by atoms with Gasteiger partial charge in [-0.05, 0) is 30.7 Å². The summed E-state index contributed by atoms with van der Waals surface area (Å²) in [5.41, 5.74) is 3.31. The van der Waals surface area contributed by atoms with Gasteiger partial charge in [-0.25, -0.2) is 4.68 Å². The van der Waals surface area contributed by atoms with Gasteiger partial charge in [0.2, 0.25) is 5.82 Å². The van der Waals surface area contributed by atoms with Gasteiger partial charge in [-0.1, -0.05) is 35.5 Å². The molecule has 0 aliphatic rings. The molecule has 114 valence electrons. The van der Waals surface area contributed by atoms with Crippen LogP contribution in [-0.4, -0.2) is 30.1 Å². The number of benzene rings is 1. The van der Waals surface area contributed by atoms with Gasteiger partial charge in [-0.2, -0.15) is 4.98 Å². The van der Waals surface area contributed by atoms with E-state index in [0.717, 1.165) is 23.5 Å². The summed E-state index contributed by atoms with van der Waals surface area (Å²) in [6.07, 6.45) is 2.56. The molecule has 7 nitrogen and oxygen atoms in total. The van der Waals surface area contributed by atoms with Gasteiger partial charge < -0.3 is 9.51 Å². The van der Waals surface area contributed by atoms with Crippen LogP contribution in [-0.2, 0) is 6.42 Å². The number of nitrogens with zero attached hydrogens (tertiary/aromatic N) is 5. The highest BCUT2D eigenvalue weighted by atomic mass is 16.5. The first-order chi connectivity index (χ1) is 11.4. The molecular formula is C16H14N6O. The zero-order valence-electron chi connectivity index (χ0n) is 12.5. The maximum Gasteiger partial charge on any atom is 0.274 e. The number of H-pyrrole nitrogens is 1. The number of rotatable bonds is 4. The Hall–Kier alpha value is -3.22. The Balaban J connectivity index is 1.77. The van der Waals surface area contributed by atoms with E-state index in [2.05, 4.69) is 25.4 Å². The molecule has 3 heterocycles. The molecule has 0 atom stereocenters. The van der Waals surface area contributed by atoms with Crippen molar-refractivity contribution in [2.75, 3.05) is 0 Å². The summed E-state index contributed by atoms with van der Waals surface area (Å²) >= 11 is 0. The second kappa shape index (κ2) is 5.53. The summed E-state index contributed by atoms with van der Waals surface area (Å²) in [7, 11) is 0. The Kier molecular flexibility index (Phi) is 3.23. The maximum absolute atomic E-state index is 5.31. The summed E-state index contributed by atoms with van der Waals surface area (Å²) < 4.78 is 7.11. The molecule has 1 N–H and O–H groups in total. The summed E-state index contributed by atoms with van der Waals surface area (Å²) in [5, 5.41) is 12.5. The summed E-state index contributed by atoms with van der Waals surface area (Å²) in [4.78, 5) is 7.45. The standard InChI is InChI=1S/C16H14N6O/c1-2-13-14(19-21-22(13)11-7-4-3-5-8-11)15-18-16(23-20-15)12-9-6-10-17-12/h3-10,17H,2H2,1H3. The molecule has 0 unspecified atom stereocenters. The van der Waals surface area contributed by atoms with Crippen molar-refractivity contribution in [2.45, 2.75) is 13.3 Å². The molecular weight excluding hydrogens is 292 g/mol. The Morgan fingerprint density at radius 2 is 2.00 bits per heavy atom. The largest absolute Gasteiger partial charge is 0.357 e. The third-order valence-corrected chi connectivity index (χ3v) is 3.57. The number of aromatic amines is 1. The van der Waals surface area contributed by atoms with Crippen molar-refractivity contribution in [2.24, 2.45) is 0 Å². The van der Waals surface area contributed by atoms with E-state index in [4.69, 9.17) is 4.52 Å². The predicted molar refractivity (Wildman–Crippen MR) is 83.8 cm³/mol. The van der Waals surface area contributed by atoms with E-state index in [1.165, 1.54) is 0 Å². The van der Waals surface area contributed by atoms with E-state index in [1.807, 2.05) is 55.6 Å². The van der Waals surface area contributed by atoms with E-state index in [-0.39, 0.29) is 0 Å². The van der Waals surface area contributed by atoms with Gasteiger partial charge >= 0.3 is 0 Å². The van der Waals surface area contributed by atoms with Crippen LogP contribution in [0.4, 0.5) is 0 Å². The topological polar surface area (TPSA) is 85.4 Å². The Labute approximate surface area is 132 Å². The van der Waals surface area contributed by atoms with Gasteiger partial charge in [-0.15, -0.1) is 5.10 Å². The molecule has 4 rings (SSSR count). The van der Waals surface area contributed by atoms with Crippen molar-refractivity contribution in [3.63, 3.8) is 0 Å². The molecule has 3 aromatic heterocycles. The first kappa shape index (κ1) is 13.4. The third kappa shape index (κ3) is 2.32. The van der Waals surface area contributed by atoms with Crippen LogP contribution >= 0.6 is 0 Å². The Morgan fingerprint density at radius 1 is 1.13 bits per heavy atom. The molecule has 0 aliphatic heterocycles. The molecule has 1 aromatic carbocycles. The quantitative estimate of drug-likeness (QED) is 0.626. The molecule has 4 aromatic rings. The molecule has 0 saturated carbocycles. The van der Waals surface area contributed by atoms with Crippen LogP contribution in [0.15, 0.2) is 53.2 Å². The fourth-order valence-corrected chi connectivity index (χ4v) is 2.46. The number of hydrogen-bond acceptors (Lipinski definition) is 5. The molecule has 0 radical (unpaired) electrons. The molecule has 0 aliphatic carbocycles. The Morgan fingerprint density at radius 3 is 2.74 bits per heavy atom. The normalized spacial score (nSPS) is 11.0. The SMILES string of the molecule is CCc1c(-c2noc(-c3ccc[nH]3)n2)nnn1-c1ccccc1. The van der Waals surface area contributed by atoms with Crippen LogP contribution in [0.1, 0.15) is 12.6 Å². The van der Waals surface area contributed by atoms with Gasteiger partial charge in [0.1, 0.15) is 5.69 Å². The Bertz CT molecular complexity index is 907. The minimum atomic E-state index is 0.432. The number of aromatic nitrogens is 6. The van der Waals surface area contributed by atoms with E-state index in [0.29, 0.717) is 17.4 Å². The first-order valence-corrected chi connectivity index (χ1v) is 7.34. The molecule has 0 fully saturated rings. The summed E-state index contributed by atoms with van der Waals surface area (Å²) in [6, 6.07) is 13.6. The second-order valence-electron chi connectivity index (χ2n) is 4.99. The lowest BCUT2D eigenvalue weighted by Gasteiger charge is -2.04. The van der Waals surface area contributed by atoms with Gasteiger partial charge in [-0.3, -0.25) is 0 Å². The summed E-state index contributed by atoms with van der Waals surface area (Å²) in [5.74, 6) is 0.870. The van der Waals surface area contributed by atoms with Gasteiger partial charge in [0.15, 0.2) is 5.69 Å². The molecule has 0 saturated heterocycles. The highest BCUT2D eigenvalue weighted by molar-refractivity contribution is 5.57. The second-order valence-corrected chi connectivity index (χ2v) is 4.99. The minimum Gasteiger partial charge on any atom is -0.357 e. The highest BCUT2D eigenvalue weighted by Gasteiger charge is 2.20. The average Bonchev–Trinajstić information content (AvgIpc) is 3.33. The molecule has 7 heteroatoms. The lowest BCUT2D eigenvalue weighted by molar-refractivity contribution is 0.431. The fraction of sp³-hybridized carbons (Fsp3) is 0.125. The van der Waals surface area contributed by atoms with Crippen molar-refractivity contribution in [3.8, 4) is 28.8 Å². The lowest BCUT2D eigenvalue weighted by Crippen LogP contribution is -2.01. The van der Waals surface area contributed by atoms with Crippen LogP contribution in [0.3, 0.4) is 0 Å². The zero-order chi connectivity index (χ0) is 15.6. The molecule has 0 amide bonds. The predicted octanol–water partition coefficient (Wildman–Crippen LogP) is 2.87. The third-order valence-electron chi connectivity index (χ3n) is 3.57. The number of hydrogen-bond donors (Lipinski definition) is 1. The van der Waals surface area contributed by atoms with Crippen molar-refractivity contribution < 1.29 is 4.52 Å². The van der Waals surface area contributed by atoms with E-state index in [9.17, 15) is 0 Å².